The number of benzene rings is 2. The molecule has 0 radical (unpaired) electrons. The number of nitrogens with zero attached hydrogens (tertiary/aromatic N) is 5. The molecule has 4 fully saturated rings. The monoisotopic (exact) mass is 678 g/mol. The number of urea groups is 2. The molecule has 2 spiro atoms. The average Bonchev–Trinajstić information content (AvgIpc) is 3.82. The molecule has 1 N–H and O–H groups in total. The van der Waals surface area contributed by atoms with Crippen molar-refractivity contribution < 1.29 is 18.4 Å². The van der Waals surface area contributed by atoms with Crippen LogP contribution in [0.3, 0.4) is 0 Å². The summed E-state index contributed by atoms with van der Waals surface area (Å²) < 4.78 is 12.6. The molecule has 4 atom stereocenters. The van der Waals surface area contributed by atoms with Crippen LogP contribution < -0.4 is 5.32 Å². The first-order valence-electron chi connectivity index (χ1n) is 18.8. The van der Waals surface area contributed by atoms with Crippen LogP contribution in [0, 0.1) is 0 Å². The summed E-state index contributed by atoms with van der Waals surface area (Å²) in [5, 5.41) is 5.63. The van der Waals surface area contributed by atoms with Crippen LogP contribution >= 0.6 is 0 Å². The molecule has 4 amide bonds. The fourth-order valence-corrected chi connectivity index (χ4v) is 10.3. The fourth-order valence-electron chi connectivity index (χ4n) is 10.3. The minimum absolute atomic E-state index is 0.0294. The molecular weight excluding hydrogens is 628 g/mol. The zero-order valence-corrected chi connectivity index (χ0v) is 29.7. The second-order valence-electron chi connectivity index (χ2n) is 15.7. The van der Waals surface area contributed by atoms with E-state index in [9.17, 15) is 9.59 Å². The molecule has 10 heteroatoms. The molecule has 6 aliphatic rings. The third kappa shape index (κ3) is 4.88. The van der Waals surface area contributed by atoms with Crippen molar-refractivity contribution in [1.82, 2.24) is 29.8 Å². The zero-order chi connectivity index (χ0) is 34.2. The normalized spacial score (nSPS) is 29.5. The smallest absolute Gasteiger partial charge is 0.319 e. The summed E-state index contributed by atoms with van der Waals surface area (Å²) in [6, 6.07) is 17.6. The predicted molar refractivity (Wildman–Crippen MR) is 193 cm³/mol. The maximum atomic E-state index is 12.6. The first-order chi connectivity index (χ1) is 24.3. The van der Waals surface area contributed by atoms with Crippen molar-refractivity contribution in [3.05, 3.63) is 71.2 Å². The number of amides is 4. The molecule has 50 heavy (non-hydrogen) atoms. The van der Waals surface area contributed by atoms with Crippen molar-refractivity contribution in [3.8, 4) is 0 Å². The number of hydrogen-bond acceptors (Lipinski definition) is 6. The van der Waals surface area contributed by atoms with Gasteiger partial charge in [0.1, 0.15) is 22.7 Å². The Kier molecular flexibility index (Phi) is 7.69. The van der Waals surface area contributed by atoms with Gasteiger partial charge >= 0.3 is 12.1 Å². The van der Waals surface area contributed by atoms with Gasteiger partial charge in [0.05, 0.1) is 17.6 Å². The second-order valence-corrected chi connectivity index (χ2v) is 15.7. The van der Waals surface area contributed by atoms with Crippen LogP contribution in [0.4, 0.5) is 9.59 Å². The Morgan fingerprint density at radius 2 is 1.28 bits per heavy atom. The van der Waals surface area contributed by atoms with E-state index in [0.29, 0.717) is 6.04 Å². The molecule has 4 aromatic rings. The largest absolute Gasteiger partial charge is 0.459 e. The van der Waals surface area contributed by atoms with Crippen molar-refractivity contribution in [1.29, 1.82) is 0 Å². The van der Waals surface area contributed by atoms with Crippen molar-refractivity contribution in [3.63, 3.8) is 0 Å². The van der Waals surface area contributed by atoms with Gasteiger partial charge in [0.15, 0.2) is 0 Å². The van der Waals surface area contributed by atoms with Gasteiger partial charge in [-0.3, -0.25) is 9.80 Å². The zero-order valence-electron chi connectivity index (χ0n) is 29.7. The Bertz CT molecular complexity index is 1850. The van der Waals surface area contributed by atoms with Gasteiger partial charge in [-0.15, -0.1) is 0 Å². The van der Waals surface area contributed by atoms with Gasteiger partial charge < -0.3 is 28.9 Å². The average molecular weight is 679 g/mol. The summed E-state index contributed by atoms with van der Waals surface area (Å²) in [6.45, 7) is 8.87. The van der Waals surface area contributed by atoms with Gasteiger partial charge in [0, 0.05) is 87.3 Å². The number of carbonyl (C=O) groups is 2. The molecule has 264 valence electrons. The number of para-hydroxylation sites is 2. The summed E-state index contributed by atoms with van der Waals surface area (Å²) in [5.41, 5.74) is 4.69. The van der Waals surface area contributed by atoms with Gasteiger partial charge in [-0.05, 0) is 63.5 Å². The lowest BCUT2D eigenvalue weighted by Crippen LogP contribution is -2.63. The molecule has 10 nitrogen and oxygen atoms in total. The number of nitrogens with one attached hydrogen (secondary N) is 1. The molecule has 10 rings (SSSR count). The molecule has 6 aliphatic heterocycles. The number of hydrogen-bond donors (Lipinski definition) is 1. The van der Waals surface area contributed by atoms with E-state index in [0.717, 1.165) is 120 Å². The number of piperidine rings is 2. The van der Waals surface area contributed by atoms with E-state index in [4.69, 9.17) is 8.83 Å². The molecule has 2 aromatic heterocycles. The van der Waals surface area contributed by atoms with E-state index in [1.807, 2.05) is 36.0 Å². The van der Waals surface area contributed by atoms with Crippen LogP contribution in [0.5, 0.6) is 0 Å². The van der Waals surface area contributed by atoms with Crippen molar-refractivity contribution >= 4 is 34.0 Å². The molecule has 2 aromatic carbocycles. The molecule has 0 bridgehead atoms. The lowest BCUT2D eigenvalue weighted by Gasteiger charge is -2.54. The summed E-state index contributed by atoms with van der Waals surface area (Å²) in [6.07, 6.45) is 8.24. The highest BCUT2D eigenvalue weighted by atomic mass is 16.3. The number of rotatable bonds is 2. The minimum Gasteiger partial charge on any atom is -0.459 e. The highest BCUT2D eigenvalue weighted by Gasteiger charge is 2.52. The Morgan fingerprint density at radius 1 is 0.740 bits per heavy atom. The van der Waals surface area contributed by atoms with Crippen molar-refractivity contribution in [2.75, 3.05) is 59.9 Å². The maximum Gasteiger partial charge on any atom is 0.319 e. The fraction of sp³-hybridized carbons (Fsp3) is 0.550. The van der Waals surface area contributed by atoms with Gasteiger partial charge in [0.2, 0.25) is 0 Å². The van der Waals surface area contributed by atoms with Crippen molar-refractivity contribution in [2.45, 2.75) is 81.5 Å². The van der Waals surface area contributed by atoms with Crippen LogP contribution in [0.25, 0.3) is 21.9 Å². The Morgan fingerprint density at radius 3 is 1.88 bits per heavy atom. The van der Waals surface area contributed by atoms with E-state index < -0.39 is 0 Å². The third-order valence-electron chi connectivity index (χ3n) is 13.2. The van der Waals surface area contributed by atoms with Gasteiger partial charge in [-0.1, -0.05) is 43.3 Å². The van der Waals surface area contributed by atoms with E-state index in [1.54, 1.807) is 0 Å². The molecular formula is C40H50N6O4. The van der Waals surface area contributed by atoms with Crippen LogP contribution in [-0.4, -0.2) is 108 Å². The van der Waals surface area contributed by atoms with Crippen LogP contribution in [-0.2, 0) is 12.8 Å². The molecule has 0 saturated carbocycles. The van der Waals surface area contributed by atoms with Crippen LogP contribution in [0.15, 0.2) is 57.4 Å². The highest BCUT2D eigenvalue weighted by Crippen LogP contribution is 2.49. The minimum atomic E-state index is -0.0537. The molecule has 0 unspecified atom stereocenters. The SMILES string of the molecule is CCCN1C(=O)NC[C@]12CCN1CCc3c(oc4ccccc34)[C@@H]1C2.CN1CC[C@]2(CCN3CCc4c(oc5ccccc45)[C@@H]3C2)N(C)C1=O. The molecule has 0 aliphatic carbocycles. The van der Waals surface area contributed by atoms with E-state index in [-0.39, 0.29) is 29.2 Å². The van der Waals surface area contributed by atoms with E-state index in [2.05, 4.69) is 63.3 Å². The lowest BCUT2D eigenvalue weighted by atomic mass is 9.76. The van der Waals surface area contributed by atoms with E-state index >= 15 is 0 Å². The van der Waals surface area contributed by atoms with Gasteiger partial charge in [0.25, 0.3) is 0 Å². The summed E-state index contributed by atoms with van der Waals surface area (Å²) in [4.78, 5) is 36.0. The Balaban J connectivity index is 0.000000135. The Hall–Kier alpha value is -4.02. The predicted octanol–water partition coefficient (Wildman–Crippen LogP) is 6.55. The maximum absolute atomic E-state index is 12.6. The lowest BCUT2D eigenvalue weighted by molar-refractivity contribution is -0.0185. The summed E-state index contributed by atoms with van der Waals surface area (Å²) >= 11 is 0. The van der Waals surface area contributed by atoms with Gasteiger partial charge in [-0.2, -0.15) is 0 Å². The quantitative estimate of drug-likeness (QED) is 0.259. The molecule has 8 heterocycles. The standard InChI is InChI=1S/2C20H25N3O2/c1-21-11-8-20(22(2)19(21)24)9-12-23-10-7-15-14-5-3-4-6-17(14)25-18(15)16(23)13-20;1-2-9-23-19(24)21-13-20(23)8-11-22-10-7-15-14-5-3-4-6-17(14)25-18(15)16(22)12-20/h3-6,16H,7-13H2,1-2H3;3-6,16H,2,7-13H2,1H3,(H,21,24)/t2*16-,20+/m00/s1. The first kappa shape index (κ1) is 31.9. The van der Waals surface area contributed by atoms with Crippen molar-refractivity contribution in [2.24, 2.45) is 0 Å². The highest BCUT2D eigenvalue weighted by molar-refractivity contribution is 5.84. The number of carbonyl (C=O) groups excluding carboxylic acids is 2. The Labute approximate surface area is 294 Å². The van der Waals surface area contributed by atoms with Crippen LogP contribution in [0.2, 0.25) is 0 Å². The second kappa shape index (κ2) is 12.0. The third-order valence-corrected chi connectivity index (χ3v) is 13.2. The number of furan rings is 2. The first-order valence-corrected chi connectivity index (χ1v) is 18.8. The summed E-state index contributed by atoms with van der Waals surface area (Å²) in [5.74, 6) is 2.29. The van der Waals surface area contributed by atoms with Crippen LogP contribution in [0.1, 0.15) is 80.2 Å². The topological polar surface area (TPSA) is 88.7 Å². The summed E-state index contributed by atoms with van der Waals surface area (Å²) in [7, 11) is 3.88. The van der Waals surface area contributed by atoms with E-state index in [1.165, 1.54) is 21.9 Å². The van der Waals surface area contributed by atoms with Gasteiger partial charge in [-0.25, -0.2) is 9.59 Å². The number of fused-ring (bicyclic) bond motifs is 10. The molecule has 4 saturated heterocycles.